The molecule has 2 aliphatic rings. The number of carbonyl (C=O) groups excluding carboxylic acids is 4. The van der Waals surface area contributed by atoms with Gasteiger partial charge in [-0.3, -0.25) is 14.4 Å². The van der Waals surface area contributed by atoms with E-state index in [1.807, 2.05) is 0 Å². The summed E-state index contributed by atoms with van der Waals surface area (Å²) < 4.78 is 39.4. The van der Waals surface area contributed by atoms with Crippen LogP contribution in [-0.2, 0) is 32.0 Å². The van der Waals surface area contributed by atoms with Crippen molar-refractivity contribution in [3.63, 3.8) is 0 Å². The molecular formula is C29H41F2N3O6. The first kappa shape index (κ1) is 31.3. The van der Waals surface area contributed by atoms with E-state index in [0.29, 0.717) is 11.1 Å². The highest BCUT2D eigenvalue weighted by molar-refractivity contribution is 6.01. The molecule has 1 aliphatic heterocycles. The van der Waals surface area contributed by atoms with Gasteiger partial charge in [-0.05, 0) is 83.9 Å². The van der Waals surface area contributed by atoms with Crippen molar-refractivity contribution in [1.82, 2.24) is 10.2 Å². The lowest BCUT2D eigenvalue weighted by Crippen LogP contribution is -2.48. The molecule has 3 atom stereocenters. The minimum Gasteiger partial charge on any atom is -0.460 e. The average molecular weight is 566 g/mol. The van der Waals surface area contributed by atoms with Crippen LogP contribution < -0.4 is 11.1 Å². The standard InChI is InChI=1S/C29H41F2N3O6/c1-27(2,3)39-23(35)10-9-22(24(32)36)34-16-19-14-17(7-8-20(19)25(34)37)13-18-15-29(30,31)12-11-21(18)33-26(38)40-28(4,5)6/h7-8,14,18,21-22H,9-13,15-16H2,1-6H3,(H2,32,36)(H,33,38)/t18-,21-,22-/m0/s1. The second-order valence-corrected chi connectivity index (χ2v) is 12.8. The number of hydrogen-bond donors (Lipinski definition) is 2. The number of esters is 1. The van der Waals surface area contributed by atoms with Gasteiger partial charge in [-0.1, -0.05) is 12.1 Å². The van der Waals surface area contributed by atoms with Gasteiger partial charge in [0.05, 0.1) is 0 Å². The van der Waals surface area contributed by atoms with Crippen LogP contribution >= 0.6 is 0 Å². The van der Waals surface area contributed by atoms with Crippen molar-refractivity contribution in [3.05, 3.63) is 34.9 Å². The number of rotatable bonds is 8. The molecule has 1 heterocycles. The van der Waals surface area contributed by atoms with Crippen LogP contribution in [0.2, 0.25) is 0 Å². The highest BCUT2D eigenvalue weighted by Gasteiger charge is 2.43. The monoisotopic (exact) mass is 565 g/mol. The van der Waals surface area contributed by atoms with Crippen molar-refractivity contribution in [2.24, 2.45) is 11.7 Å². The summed E-state index contributed by atoms with van der Waals surface area (Å²) in [5, 5.41) is 2.77. The molecule has 0 spiro atoms. The fourth-order valence-corrected chi connectivity index (χ4v) is 5.27. The highest BCUT2D eigenvalue weighted by atomic mass is 19.3. The Hall–Kier alpha value is -3.24. The van der Waals surface area contributed by atoms with Gasteiger partial charge in [0.15, 0.2) is 0 Å². The lowest BCUT2D eigenvalue weighted by molar-refractivity contribution is -0.155. The Morgan fingerprint density at radius 1 is 1.12 bits per heavy atom. The zero-order valence-electron chi connectivity index (χ0n) is 24.1. The molecule has 0 bridgehead atoms. The Kier molecular flexibility index (Phi) is 9.16. The fraction of sp³-hybridized carbons (Fsp3) is 0.655. The molecule has 0 radical (unpaired) electrons. The molecule has 222 valence electrons. The molecule has 3 rings (SSSR count). The number of carbonyl (C=O) groups is 4. The van der Waals surface area contributed by atoms with Crippen LogP contribution in [0.15, 0.2) is 18.2 Å². The maximum atomic E-state index is 14.4. The van der Waals surface area contributed by atoms with E-state index in [1.54, 1.807) is 59.7 Å². The number of halogens is 2. The maximum absolute atomic E-state index is 14.4. The van der Waals surface area contributed by atoms with Gasteiger partial charge in [0.1, 0.15) is 17.2 Å². The van der Waals surface area contributed by atoms with Crippen molar-refractivity contribution in [2.75, 3.05) is 0 Å². The summed E-state index contributed by atoms with van der Waals surface area (Å²) in [6.45, 7) is 10.5. The Bertz CT molecular complexity index is 1140. The summed E-state index contributed by atoms with van der Waals surface area (Å²) in [5.41, 5.74) is 5.97. The van der Waals surface area contributed by atoms with E-state index in [-0.39, 0.29) is 51.0 Å². The quantitative estimate of drug-likeness (QED) is 0.447. The molecule has 9 nitrogen and oxygen atoms in total. The number of nitrogens with zero attached hydrogens (tertiary/aromatic N) is 1. The smallest absolute Gasteiger partial charge is 0.407 e. The summed E-state index contributed by atoms with van der Waals surface area (Å²) in [6.07, 6.45) is -1.04. The SMILES string of the molecule is CC(C)(C)OC(=O)CC[C@@H](C(N)=O)N1Cc2cc(C[C@H]3CC(F)(F)CC[C@@H]3NC(=O)OC(C)(C)C)ccc2C1=O. The lowest BCUT2D eigenvalue weighted by atomic mass is 9.78. The van der Waals surface area contributed by atoms with E-state index in [9.17, 15) is 28.0 Å². The minimum atomic E-state index is -2.84. The molecule has 1 saturated carbocycles. The van der Waals surface area contributed by atoms with Gasteiger partial charge in [-0.15, -0.1) is 0 Å². The molecule has 0 aromatic heterocycles. The third-order valence-electron chi connectivity index (χ3n) is 6.90. The molecule has 0 unspecified atom stereocenters. The van der Waals surface area contributed by atoms with E-state index >= 15 is 0 Å². The van der Waals surface area contributed by atoms with Crippen LogP contribution in [-0.4, -0.2) is 58.0 Å². The number of alkyl carbamates (subject to hydrolysis) is 1. The van der Waals surface area contributed by atoms with Gasteiger partial charge in [0.2, 0.25) is 11.8 Å². The van der Waals surface area contributed by atoms with Crippen LogP contribution in [0, 0.1) is 5.92 Å². The van der Waals surface area contributed by atoms with E-state index in [0.717, 1.165) is 5.56 Å². The Morgan fingerprint density at radius 3 is 2.38 bits per heavy atom. The topological polar surface area (TPSA) is 128 Å². The van der Waals surface area contributed by atoms with Gasteiger partial charge in [-0.2, -0.15) is 0 Å². The molecule has 1 fully saturated rings. The van der Waals surface area contributed by atoms with Gasteiger partial charge < -0.3 is 25.4 Å². The third kappa shape index (κ3) is 8.63. The summed E-state index contributed by atoms with van der Waals surface area (Å²) >= 11 is 0. The first-order chi connectivity index (χ1) is 18.3. The number of hydrogen-bond acceptors (Lipinski definition) is 6. The summed E-state index contributed by atoms with van der Waals surface area (Å²) in [7, 11) is 0. The van der Waals surface area contributed by atoms with Gasteiger partial charge in [0, 0.05) is 37.4 Å². The van der Waals surface area contributed by atoms with E-state index in [2.05, 4.69) is 5.32 Å². The van der Waals surface area contributed by atoms with E-state index in [1.165, 1.54) is 4.90 Å². The largest absolute Gasteiger partial charge is 0.460 e. The van der Waals surface area contributed by atoms with Crippen LogP contribution in [0.3, 0.4) is 0 Å². The average Bonchev–Trinajstić information content (AvgIpc) is 3.08. The molecule has 3 amide bonds. The predicted molar refractivity (Wildman–Crippen MR) is 144 cm³/mol. The molecule has 1 aromatic rings. The fourth-order valence-electron chi connectivity index (χ4n) is 5.27. The van der Waals surface area contributed by atoms with Crippen molar-refractivity contribution in [1.29, 1.82) is 0 Å². The van der Waals surface area contributed by atoms with Crippen molar-refractivity contribution in [2.45, 2.75) is 116 Å². The number of ether oxygens (including phenoxy) is 2. The number of alkyl halides is 2. The maximum Gasteiger partial charge on any atom is 0.407 e. The summed E-state index contributed by atoms with van der Waals surface area (Å²) in [4.78, 5) is 51.3. The van der Waals surface area contributed by atoms with Crippen LogP contribution in [0.4, 0.5) is 13.6 Å². The van der Waals surface area contributed by atoms with Crippen LogP contribution in [0.5, 0.6) is 0 Å². The number of primary amides is 1. The second kappa shape index (κ2) is 11.7. The highest BCUT2D eigenvalue weighted by Crippen LogP contribution is 2.39. The molecule has 3 N–H and O–H groups in total. The number of amides is 3. The number of fused-ring (bicyclic) bond motifs is 1. The Morgan fingerprint density at radius 2 is 1.77 bits per heavy atom. The summed E-state index contributed by atoms with van der Waals surface area (Å²) in [5.74, 6) is -5.00. The van der Waals surface area contributed by atoms with Gasteiger partial charge in [0.25, 0.3) is 5.91 Å². The van der Waals surface area contributed by atoms with E-state index in [4.69, 9.17) is 15.2 Å². The van der Waals surface area contributed by atoms with Crippen LogP contribution in [0.25, 0.3) is 0 Å². The molecular weight excluding hydrogens is 524 g/mol. The molecule has 40 heavy (non-hydrogen) atoms. The third-order valence-corrected chi connectivity index (χ3v) is 6.90. The molecule has 1 aliphatic carbocycles. The molecule has 11 heteroatoms. The van der Waals surface area contributed by atoms with E-state index < -0.39 is 53.1 Å². The normalized spacial score (nSPS) is 21.4. The zero-order chi connectivity index (χ0) is 30.0. The second-order valence-electron chi connectivity index (χ2n) is 12.8. The Labute approximate surface area is 234 Å². The summed E-state index contributed by atoms with van der Waals surface area (Å²) in [6, 6.07) is 3.60. The van der Waals surface area contributed by atoms with Gasteiger partial charge in [-0.25, -0.2) is 13.6 Å². The van der Waals surface area contributed by atoms with Crippen LogP contribution in [0.1, 0.15) is 95.1 Å². The zero-order valence-corrected chi connectivity index (χ0v) is 24.1. The first-order valence-electron chi connectivity index (χ1n) is 13.6. The predicted octanol–water partition coefficient (Wildman–Crippen LogP) is 4.49. The molecule has 1 aromatic carbocycles. The van der Waals surface area contributed by atoms with Crippen molar-refractivity contribution in [3.8, 4) is 0 Å². The van der Waals surface area contributed by atoms with Gasteiger partial charge >= 0.3 is 12.1 Å². The minimum absolute atomic E-state index is 0.0198. The number of nitrogens with one attached hydrogen (secondary N) is 1. The van der Waals surface area contributed by atoms with Crippen molar-refractivity contribution >= 4 is 23.9 Å². The lowest BCUT2D eigenvalue weighted by Gasteiger charge is -2.37. The van der Waals surface area contributed by atoms with Crippen molar-refractivity contribution < 1.29 is 37.4 Å². The molecule has 0 saturated heterocycles. The number of benzene rings is 1. The number of nitrogens with two attached hydrogens (primary N) is 1. The first-order valence-corrected chi connectivity index (χ1v) is 13.6. The Balaban J connectivity index is 1.72.